The third-order valence-electron chi connectivity index (χ3n) is 3.35. The molecule has 94 valence electrons. The molecule has 1 aromatic carbocycles. The molecular formula is C17H15NO. The molecule has 0 saturated carbocycles. The van der Waals surface area contributed by atoms with Crippen LogP contribution in [0.15, 0.2) is 42.6 Å². The van der Waals surface area contributed by atoms with Crippen molar-refractivity contribution in [2.45, 2.75) is 19.9 Å². The molecule has 2 heterocycles. The Morgan fingerprint density at radius 1 is 1.16 bits per heavy atom. The molecule has 1 aliphatic rings. The first kappa shape index (κ1) is 11.8. The van der Waals surface area contributed by atoms with Gasteiger partial charge in [-0.25, -0.2) is 0 Å². The van der Waals surface area contributed by atoms with E-state index in [1.54, 1.807) is 0 Å². The Labute approximate surface area is 113 Å². The number of fused-ring (bicyclic) bond motifs is 1. The van der Waals surface area contributed by atoms with Crippen LogP contribution >= 0.6 is 0 Å². The van der Waals surface area contributed by atoms with Crippen LogP contribution in [0.4, 0.5) is 0 Å². The number of carbonyl (C=O) groups excluding carboxylic acids is 1. The van der Waals surface area contributed by atoms with Gasteiger partial charge in [-0.05, 0) is 24.1 Å². The molecule has 0 saturated heterocycles. The summed E-state index contributed by atoms with van der Waals surface area (Å²) in [6, 6.07) is 11.8. The normalized spacial score (nSPS) is 17.5. The minimum atomic E-state index is 0.228. The molecule has 1 aliphatic heterocycles. The first-order valence-electron chi connectivity index (χ1n) is 6.53. The molecule has 0 N–H and O–H groups in total. The number of rotatable bonds is 0. The molecule has 0 fully saturated rings. The molecule has 0 aliphatic carbocycles. The zero-order chi connectivity index (χ0) is 13.2. The zero-order valence-electron chi connectivity index (χ0n) is 10.9. The van der Waals surface area contributed by atoms with Crippen molar-refractivity contribution >= 4 is 5.78 Å². The topological polar surface area (TPSA) is 22.0 Å². The molecule has 1 atom stereocenters. The van der Waals surface area contributed by atoms with Gasteiger partial charge in [-0.2, -0.15) is 0 Å². The largest absolute Gasteiger partial charge is 0.344 e. The highest BCUT2D eigenvalue weighted by Crippen LogP contribution is 2.21. The fraction of sp³-hybridized carbons (Fsp3) is 0.235. The second kappa shape index (κ2) is 4.78. The Kier molecular flexibility index (Phi) is 2.97. The highest BCUT2D eigenvalue weighted by atomic mass is 16.1. The molecular weight excluding hydrogens is 234 g/mol. The molecule has 1 unspecified atom stereocenters. The van der Waals surface area contributed by atoms with Crippen molar-refractivity contribution in [3.8, 4) is 11.8 Å². The van der Waals surface area contributed by atoms with Crippen molar-refractivity contribution in [1.29, 1.82) is 0 Å². The van der Waals surface area contributed by atoms with E-state index in [2.05, 4.69) is 18.8 Å². The van der Waals surface area contributed by atoms with Crippen LogP contribution in [-0.4, -0.2) is 10.4 Å². The van der Waals surface area contributed by atoms with Gasteiger partial charge < -0.3 is 4.57 Å². The fourth-order valence-electron chi connectivity index (χ4n) is 2.45. The maximum absolute atomic E-state index is 11.9. The number of Topliss-reactive ketones (excluding diaryl/α,β-unsaturated/α-hetero) is 1. The second-order valence-corrected chi connectivity index (χ2v) is 5.11. The number of ketones is 1. The van der Waals surface area contributed by atoms with Crippen molar-refractivity contribution in [3.63, 3.8) is 0 Å². The Hall–Kier alpha value is -2.27. The fourth-order valence-corrected chi connectivity index (χ4v) is 2.45. The third kappa shape index (κ3) is 2.46. The van der Waals surface area contributed by atoms with Gasteiger partial charge in [0.1, 0.15) is 0 Å². The lowest BCUT2D eigenvalue weighted by atomic mass is 9.99. The Morgan fingerprint density at radius 2 is 1.89 bits per heavy atom. The Morgan fingerprint density at radius 3 is 2.68 bits per heavy atom. The van der Waals surface area contributed by atoms with Crippen LogP contribution in [0.3, 0.4) is 0 Å². The smallest absolute Gasteiger partial charge is 0.179 e. The predicted octanol–water partition coefficient (Wildman–Crippen LogP) is 3.11. The van der Waals surface area contributed by atoms with Gasteiger partial charge in [0.25, 0.3) is 0 Å². The number of hydrogen-bond acceptors (Lipinski definition) is 1. The van der Waals surface area contributed by atoms with Gasteiger partial charge in [-0.3, -0.25) is 4.79 Å². The molecule has 2 heteroatoms. The van der Waals surface area contributed by atoms with Crippen molar-refractivity contribution in [2.75, 3.05) is 0 Å². The predicted molar refractivity (Wildman–Crippen MR) is 75.0 cm³/mol. The lowest BCUT2D eigenvalue weighted by molar-refractivity contribution is 0.0929. The van der Waals surface area contributed by atoms with E-state index < -0.39 is 0 Å². The highest BCUT2D eigenvalue weighted by molar-refractivity contribution is 5.95. The van der Waals surface area contributed by atoms with Crippen molar-refractivity contribution in [3.05, 3.63) is 59.4 Å². The first-order chi connectivity index (χ1) is 9.22. The molecule has 2 nitrogen and oxygen atoms in total. The molecule has 2 aromatic rings. The maximum Gasteiger partial charge on any atom is 0.179 e. The zero-order valence-corrected chi connectivity index (χ0v) is 10.9. The van der Waals surface area contributed by atoms with E-state index in [0.717, 1.165) is 23.4 Å². The lowest BCUT2D eigenvalue weighted by Crippen LogP contribution is -2.22. The van der Waals surface area contributed by atoms with E-state index in [4.69, 9.17) is 0 Å². The monoisotopic (exact) mass is 249 g/mol. The van der Waals surface area contributed by atoms with Crippen LogP contribution in [0, 0.1) is 17.8 Å². The number of carbonyl (C=O) groups is 1. The molecule has 3 rings (SSSR count). The standard InChI is InChI=1S/C17H15NO/c1-13-9-17(19)16-10-15(12-18(16)11-13)8-7-14-5-3-2-4-6-14/h2-6,10,12-13H,9,11H2,1H3. The summed E-state index contributed by atoms with van der Waals surface area (Å²) in [5, 5.41) is 0. The number of nitrogens with zero attached hydrogens (tertiary/aromatic N) is 1. The number of hydrogen-bond donors (Lipinski definition) is 0. The van der Waals surface area contributed by atoms with E-state index in [0.29, 0.717) is 12.3 Å². The quantitative estimate of drug-likeness (QED) is 0.657. The van der Waals surface area contributed by atoms with Crippen LogP contribution in [-0.2, 0) is 6.54 Å². The van der Waals surface area contributed by atoms with Gasteiger partial charge in [-0.15, -0.1) is 0 Å². The first-order valence-corrected chi connectivity index (χ1v) is 6.53. The summed E-state index contributed by atoms with van der Waals surface area (Å²) in [6.07, 6.45) is 2.63. The summed E-state index contributed by atoms with van der Waals surface area (Å²) in [5.41, 5.74) is 2.71. The van der Waals surface area contributed by atoms with E-state index in [1.165, 1.54) is 0 Å². The highest BCUT2D eigenvalue weighted by Gasteiger charge is 2.22. The van der Waals surface area contributed by atoms with Crippen LogP contribution in [0.5, 0.6) is 0 Å². The summed E-state index contributed by atoms with van der Waals surface area (Å²) < 4.78 is 2.03. The number of aromatic nitrogens is 1. The maximum atomic E-state index is 11.9. The molecule has 0 spiro atoms. The SMILES string of the molecule is CC1CC(=O)c2cc(C#Cc3ccccc3)cn2C1. The van der Waals surface area contributed by atoms with Gasteiger partial charge in [0.15, 0.2) is 5.78 Å². The van der Waals surface area contributed by atoms with Gasteiger partial charge in [0.2, 0.25) is 0 Å². The Balaban J connectivity index is 1.90. The summed E-state index contributed by atoms with van der Waals surface area (Å²) in [7, 11) is 0. The summed E-state index contributed by atoms with van der Waals surface area (Å²) >= 11 is 0. The van der Waals surface area contributed by atoms with Gasteiger partial charge >= 0.3 is 0 Å². The van der Waals surface area contributed by atoms with Crippen LogP contribution in [0.25, 0.3) is 0 Å². The van der Waals surface area contributed by atoms with E-state index in [-0.39, 0.29) is 5.78 Å². The average molecular weight is 249 g/mol. The van der Waals surface area contributed by atoms with Crippen molar-refractivity contribution in [2.24, 2.45) is 5.92 Å². The van der Waals surface area contributed by atoms with E-state index in [1.807, 2.05) is 47.2 Å². The minimum Gasteiger partial charge on any atom is -0.344 e. The molecule has 19 heavy (non-hydrogen) atoms. The summed E-state index contributed by atoms with van der Waals surface area (Å²) in [4.78, 5) is 11.9. The lowest BCUT2D eigenvalue weighted by Gasteiger charge is -2.19. The van der Waals surface area contributed by atoms with Crippen LogP contribution < -0.4 is 0 Å². The van der Waals surface area contributed by atoms with E-state index in [9.17, 15) is 4.79 Å². The second-order valence-electron chi connectivity index (χ2n) is 5.11. The molecule has 0 bridgehead atoms. The van der Waals surface area contributed by atoms with Gasteiger partial charge in [0.05, 0.1) is 5.69 Å². The van der Waals surface area contributed by atoms with Crippen molar-refractivity contribution < 1.29 is 4.79 Å². The molecule has 1 aromatic heterocycles. The Bertz CT molecular complexity index is 670. The van der Waals surface area contributed by atoms with Gasteiger partial charge in [0, 0.05) is 30.3 Å². The minimum absolute atomic E-state index is 0.228. The van der Waals surface area contributed by atoms with Crippen LogP contribution in [0.1, 0.15) is 35.0 Å². The average Bonchev–Trinajstić information content (AvgIpc) is 2.81. The number of benzene rings is 1. The van der Waals surface area contributed by atoms with E-state index >= 15 is 0 Å². The molecule has 0 radical (unpaired) electrons. The summed E-state index contributed by atoms with van der Waals surface area (Å²) in [5.74, 6) is 6.90. The third-order valence-corrected chi connectivity index (χ3v) is 3.35. The molecule has 0 amide bonds. The summed E-state index contributed by atoms with van der Waals surface area (Å²) in [6.45, 7) is 3.02. The van der Waals surface area contributed by atoms with Crippen LogP contribution in [0.2, 0.25) is 0 Å². The van der Waals surface area contributed by atoms with Crippen molar-refractivity contribution in [1.82, 2.24) is 4.57 Å². The van der Waals surface area contributed by atoms with Gasteiger partial charge in [-0.1, -0.05) is 37.0 Å².